The molecule has 2 heterocycles. The van der Waals surface area contributed by atoms with E-state index in [1.54, 1.807) is 12.1 Å². The molecule has 0 amide bonds. The predicted molar refractivity (Wildman–Crippen MR) is 88.5 cm³/mol. The Labute approximate surface area is 146 Å². The second-order valence-electron chi connectivity index (χ2n) is 6.15. The predicted octanol–water partition coefficient (Wildman–Crippen LogP) is 2.49. The largest absolute Gasteiger partial charge is 0.573 e. The van der Waals surface area contributed by atoms with Gasteiger partial charge in [-0.15, -0.1) is 25.6 Å². The van der Waals surface area contributed by atoms with Crippen molar-refractivity contribution < 1.29 is 17.9 Å². The lowest BCUT2D eigenvalue weighted by Gasteiger charge is -2.37. The molecule has 24 heavy (non-hydrogen) atoms. The van der Waals surface area contributed by atoms with E-state index in [1.807, 2.05) is 0 Å². The van der Waals surface area contributed by atoms with Crippen LogP contribution < -0.4 is 10.1 Å². The Hall–Kier alpha value is -1.02. The van der Waals surface area contributed by atoms with Crippen LogP contribution in [0.4, 0.5) is 13.2 Å². The first-order valence-corrected chi connectivity index (χ1v) is 8.01. The molecule has 2 saturated heterocycles. The highest BCUT2D eigenvalue weighted by molar-refractivity contribution is 5.85. The van der Waals surface area contributed by atoms with Crippen molar-refractivity contribution in [2.75, 3.05) is 39.3 Å². The molecular weight excluding hydrogens is 343 g/mol. The van der Waals surface area contributed by atoms with E-state index in [4.69, 9.17) is 0 Å². The molecule has 1 aromatic rings. The van der Waals surface area contributed by atoms with Crippen molar-refractivity contribution in [1.82, 2.24) is 15.1 Å². The van der Waals surface area contributed by atoms with Crippen LogP contribution in [0.15, 0.2) is 24.3 Å². The monoisotopic (exact) mass is 365 g/mol. The van der Waals surface area contributed by atoms with E-state index >= 15 is 0 Å². The van der Waals surface area contributed by atoms with Crippen molar-refractivity contribution >= 4 is 12.4 Å². The fourth-order valence-electron chi connectivity index (χ4n) is 3.29. The molecule has 136 valence electrons. The average molecular weight is 366 g/mol. The van der Waals surface area contributed by atoms with E-state index in [-0.39, 0.29) is 18.2 Å². The van der Waals surface area contributed by atoms with Gasteiger partial charge in [0.25, 0.3) is 0 Å². The Morgan fingerprint density at radius 1 is 1.08 bits per heavy atom. The number of ether oxygens (including phenoxy) is 1. The second-order valence-corrected chi connectivity index (χ2v) is 6.15. The number of hydrogen-bond donors (Lipinski definition) is 1. The molecule has 2 aliphatic rings. The summed E-state index contributed by atoms with van der Waals surface area (Å²) in [5.41, 5.74) is 1.01. The molecule has 0 radical (unpaired) electrons. The van der Waals surface area contributed by atoms with Crippen LogP contribution in [0.5, 0.6) is 5.75 Å². The van der Waals surface area contributed by atoms with Crippen molar-refractivity contribution in [1.29, 1.82) is 0 Å². The molecule has 2 fully saturated rings. The summed E-state index contributed by atoms with van der Waals surface area (Å²) in [6.07, 6.45) is -3.41. The minimum absolute atomic E-state index is 0. The van der Waals surface area contributed by atoms with Crippen LogP contribution in [-0.2, 0) is 6.54 Å². The maximum Gasteiger partial charge on any atom is 0.573 e. The van der Waals surface area contributed by atoms with Gasteiger partial charge in [0.2, 0.25) is 0 Å². The summed E-state index contributed by atoms with van der Waals surface area (Å²) < 4.78 is 40.3. The van der Waals surface area contributed by atoms with E-state index in [0.29, 0.717) is 6.04 Å². The molecule has 1 unspecified atom stereocenters. The first kappa shape index (κ1) is 19.3. The molecule has 0 aromatic heterocycles. The lowest BCUT2D eigenvalue weighted by molar-refractivity contribution is -0.274. The van der Waals surface area contributed by atoms with Crippen LogP contribution in [-0.4, -0.2) is 61.5 Å². The third-order valence-electron chi connectivity index (χ3n) is 4.52. The quantitative estimate of drug-likeness (QED) is 0.887. The highest BCUT2D eigenvalue weighted by Gasteiger charge is 2.31. The maximum atomic E-state index is 12.1. The Balaban J connectivity index is 0.00000208. The smallest absolute Gasteiger partial charge is 0.406 e. The lowest BCUT2D eigenvalue weighted by Crippen LogP contribution is -2.50. The van der Waals surface area contributed by atoms with Crippen LogP contribution in [0.25, 0.3) is 0 Å². The van der Waals surface area contributed by atoms with E-state index in [0.717, 1.165) is 51.4 Å². The van der Waals surface area contributed by atoms with Gasteiger partial charge in [0.1, 0.15) is 5.75 Å². The van der Waals surface area contributed by atoms with E-state index in [9.17, 15) is 13.2 Å². The molecule has 0 saturated carbocycles. The molecule has 1 N–H and O–H groups in total. The number of nitrogens with one attached hydrogen (secondary N) is 1. The van der Waals surface area contributed by atoms with Gasteiger partial charge in [0, 0.05) is 45.3 Å². The first-order chi connectivity index (χ1) is 11.0. The van der Waals surface area contributed by atoms with Gasteiger partial charge in [0.05, 0.1) is 0 Å². The molecule has 1 atom stereocenters. The Morgan fingerprint density at radius 3 is 2.29 bits per heavy atom. The molecule has 3 rings (SSSR count). The Morgan fingerprint density at radius 2 is 1.75 bits per heavy atom. The minimum Gasteiger partial charge on any atom is -0.406 e. The highest BCUT2D eigenvalue weighted by atomic mass is 35.5. The van der Waals surface area contributed by atoms with Crippen molar-refractivity contribution in [2.45, 2.75) is 25.4 Å². The molecule has 0 aliphatic carbocycles. The first-order valence-electron chi connectivity index (χ1n) is 8.01. The number of hydrogen-bond acceptors (Lipinski definition) is 4. The van der Waals surface area contributed by atoms with E-state index in [2.05, 4.69) is 19.9 Å². The molecule has 0 spiro atoms. The van der Waals surface area contributed by atoms with Crippen molar-refractivity contribution in [3.63, 3.8) is 0 Å². The summed E-state index contributed by atoms with van der Waals surface area (Å²) in [6, 6.07) is 6.82. The number of nitrogens with zero attached hydrogens (tertiary/aromatic N) is 2. The Bertz CT molecular complexity index is 498. The summed E-state index contributed by atoms with van der Waals surface area (Å²) in [4.78, 5) is 4.88. The molecule has 2 aliphatic heterocycles. The van der Waals surface area contributed by atoms with Gasteiger partial charge < -0.3 is 10.1 Å². The summed E-state index contributed by atoms with van der Waals surface area (Å²) in [7, 11) is 0. The summed E-state index contributed by atoms with van der Waals surface area (Å²) in [6.45, 7) is 7.07. The minimum atomic E-state index is -4.63. The van der Waals surface area contributed by atoms with Crippen molar-refractivity contribution in [3.8, 4) is 5.75 Å². The standard InChI is InChI=1S/C16H22F3N3O.ClH/c17-16(18,19)23-15-3-1-13(2-4-15)12-21-7-9-22(10-8-21)14-5-6-20-11-14;/h1-4,14,20H,5-12H2;1H. The van der Waals surface area contributed by atoms with Crippen molar-refractivity contribution in [2.24, 2.45) is 0 Å². The number of benzene rings is 1. The van der Waals surface area contributed by atoms with Crippen LogP contribution >= 0.6 is 12.4 Å². The lowest BCUT2D eigenvalue weighted by atomic mass is 10.1. The fraction of sp³-hybridized carbons (Fsp3) is 0.625. The summed E-state index contributed by atoms with van der Waals surface area (Å²) in [5, 5.41) is 3.39. The van der Waals surface area contributed by atoms with Gasteiger partial charge in [-0.25, -0.2) is 0 Å². The number of alkyl halides is 3. The van der Waals surface area contributed by atoms with Gasteiger partial charge in [0.15, 0.2) is 0 Å². The van der Waals surface area contributed by atoms with E-state index in [1.165, 1.54) is 18.6 Å². The van der Waals surface area contributed by atoms with E-state index < -0.39 is 6.36 Å². The van der Waals surface area contributed by atoms with Gasteiger partial charge in [-0.1, -0.05) is 12.1 Å². The molecule has 1 aromatic carbocycles. The van der Waals surface area contributed by atoms with Crippen molar-refractivity contribution in [3.05, 3.63) is 29.8 Å². The number of rotatable bonds is 4. The maximum absolute atomic E-state index is 12.1. The number of halogens is 4. The molecular formula is C16H23ClF3N3O. The second kappa shape index (κ2) is 8.38. The zero-order valence-electron chi connectivity index (χ0n) is 13.4. The third-order valence-corrected chi connectivity index (χ3v) is 4.52. The molecule has 8 heteroatoms. The van der Waals surface area contributed by atoms with Crippen LogP contribution in [0, 0.1) is 0 Å². The van der Waals surface area contributed by atoms with Crippen LogP contribution in [0.2, 0.25) is 0 Å². The topological polar surface area (TPSA) is 27.7 Å². The van der Waals surface area contributed by atoms with Gasteiger partial charge in [-0.2, -0.15) is 0 Å². The fourth-order valence-corrected chi connectivity index (χ4v) is 3.29. The van der Waals surface area contributed by atoms with Gasteiger partial charge in [-0.3, -0.25) is 9.80 Å². The zero-order valence-corrected chi connectivity index (χ0v) is 14.2. The molecule has 0 bridgehead atoms. The average Bonchev–Trinajstić information content (AvgIpc) is 3.03. The summed E-state index contributed by atoms with van der Waals surface area (Å²) in [5.74, 6) is -0.167. The third kappa shape index (κ3) is 5.51. The Kier molecular flexibility index (Phi) is 6.74. The van der Waals surface area contributed by atoms with Crippen LogP contribution in [0.1, 0.15) is 12.0 Å². The van der Waals surface area contributed by atoms with Gasteiger partial charge in [-0.05, 0) is 30.7 Å². The SMILES string of the molecule is Cl.FC(F)(F)Oc1ccc(CN2CCN(C3CCNC3)CC2)cc1. The van der Waals surface area contributed by atoms with Crippen LogP contribution in [0.3, 0.4) is 0 Å². The number of piperazine rings is 1. The normalized spacial score (nSPS) is 23.0. The summed E-state index contributed by atoms with van der Waals surface area (Å²) >= 11 is 0. The highest BCUT2D eigenvalue weighted by Crippen LogP contribution is 2.23. The molecule has 4 nitrogen and oxygen atoms in total. The van der Waals surface area contributed by atoms with Gasteiger partial charge >= 0.3 is 6.36 Å². The zero-order chi connectivity index (χ0) is 16.3.